The molecule has 0 unspecified atom stereocenters. The molecule has 1 amide bonds. The number of rotatable bonds is 3. The minimum absolute atomic E-state index is 0.0527. The zero-order chi connectivity index (χ0) is 11.4. The topological polar surface area (TPSA) is 82.2 Å². The SMILES string of the molecule is CN(CCNC(=O)C(F)(F)F)C(=N)N. The van der Waals surface area contributed by atoms with Gasteiger partial charge >= 0.3 is 12.1 Å². The van der Waals surface area contributed by atoms with E-state index in [0.717, 1.165) is 0 Å². The van der Waals surface area contributed by atoms with Gasteiger partial charge in [-0.3, -0.25) is 10.2 Å². The number of halogens is 3. The Labute approximate surface area is 78.6 Å². The molecule has 0 aromatic rings. The normalized spacial score (nSPS) is 10.9. The molecule has 0 fully saturated rings. The van der Waals surface area contributed by atoms with Crippen LogP contribution in [-0.4, -0.2) is 43.1 Å². The molecule has 8 heteroatoms. The van der Waals surface area contributed by atoms with Crippen molar-refractivity contribution in [2.24, 2.45) is 5.73 Å². The third-order valence-corrected chi connectivity index (χ3v) is 1.40. The molecule has 0 aliphatic heterocycles. The van der Waals surface area contributed by atoms with E-state index in [1.807, 2.05) is 0 Å². The van der Waals surface area contributed by atoms with Crippen LogP contribution in [0.2, 0.25) is 0 Å². The van der Waals surface area contributed by atoms with E-state index in [-0.39, 0.29) is 19.0 Å². The third-order valence-electron chi connectivity index (χ3n) is 1.40. The quantitative estimate of drug-likeness (QED) is 0.435. The van der Waals surface area contributed by atoms with Gasteiger partial charge in [0.1, 0.15) is 0 Å². The third kappa shape index (κ3) is 4.53. The highest BCUT2D eigenvalue weighted by atomic mass is 19.4. The zero-order valence-corrected chi connectivity index (χ0v) is 7.48. The predicted octanol–water partition coefficient (Wildman–Crippen LogP) is -0.510. The molecule has 0 aromatic carbocycles. The van der Waals surface area contributed by atoms with Gasteiger partial charge in [0.15, 0.2) is 5.96 Å². The summed E-state index contributed by atoms with van der Waals surface area (Å²) in [6.07, 6.45) is -4.87. The Morgan fingerprint density at radius 3 is 2.43 bits per heavy atom. The van der Waals surface area contributed by atoms with Crippen molar-refractivity contribution >= 4 is 11.9 Å². The Hall–Kier alpha value is -1.47. The van der Waals surface area contributed by atoms with Crippen molar-refractivity contribution < 1.29 is 18.0 Å². The molecule has 14 heavy (non-hydrogen) atoms. The molecule has 0 saturated carbocycles. The van der Waals surface area contributed by atoms with Gasteiger partial charge in [-0.1, -0.05) is 0 Å². The molecule has 0 rings (SSSR count). The van der Waals surface area contributed by atoms with Gasteiger partial charge in [-0.05, 0) is 0 Å². The second kappa shape index (κ2) is 4.68. The summed E-state index contributed by atoms with van der Waals surface area (Å²) < 4.78 is 34.9. The van der Waals surface area contributed by atoms with Crippen LogP contribution in [0.1, 0.15) is 0 Å². The summed E-state index contributed by atoms with van der Waals surface area (Å²) in [7, 11) is 1.43. The smallest absolute Gasteiger partial charge is 0.370 e. The van der Waals surface area contributed by atoms with Crippen LogP contribution in [0.4, 0.5) is 13.2 Å². The minimum Gasteiger partial charge on any atom is -0.370 e. The molecular weight excluding hydrogens is 201 g/mol. The summed E-state index contributed by atoms with van der Waals surface area (Å²) in [5, 5.41) is 8.53. The lowest BCUT2D eigenvalue weighted by atomic mass is 10.5. The Kier molecular flexibility index (Phi) is 4.19. The van der Waals surface area contributed by atoms with E-state index in [9.17, 15) is 18.0 Å². The number of hydrogen-bond acceptors (Lipinski definition) is 2. The summed E-state index contributed by atoms with van der Waals surface area (Å²) in [5.41, 5.74) is 5.01. The van der Waals surface area contributed by atoms with Crippen molar-refractivity contribution in [2.75, 3.05) is 20.1 Å². The molecule has 0 heterocycles. The standard InChI is InChI=1S/C6H11F3N4O/c1-13(5(10)11)3-2-12-4(14)6(7,8)9/h2-3H2,1H3,(H3,10,11)(H,12,14). The van der Waals surface area contributed by atoms with Crippen LogP contribution >= 0.6 is 0 Å². The van der Waals surface area contributed by atoms with E-state index >= 15 is 0 Å². The van der Waals surface area contributed by atoms with Crippen LogP contribution in [0.5, 0.6) is 0 Å². The largest absolute Gasteiger partial charge is 0.471 e. The van der Waals surface area contributed by atoms with Crippen molar-refractivity contribution in [1.29, 1.82) is 5.41 Å². The fraction of sp³-hybridized carbons (Fsp3) is 0.667. The number of guanidine groups is 1. The number of nitrogens with one attached hydrogen (secondary N) is 2. The van der Waals surface area contributed by atoms with Gasteiger partial charge in [0.2, 0.25) is 0 Å². The van der Waals surface area contributed by atoms with Crippen molar-refractivity contribution in [3.8, 4) is 0 Å². The first kappa shape index (κ1) is 12.5. The maximum Gasteiger partial charge on any atom is 0.471 e. The van der Waals surface area contributed by atoms with Gasteiger partial charge in [-0.15, -0.1) is 0 Å². The van der Waals surface area contributed by atoms with E-state index in [2.05, 4.69) is 0 Å². The van der Waals surface area contributed by atoms with E-state index in [1.165, 1.54) is 11.9 Å². The van der Waals surface area contributed by atoms with Gasteiger partial charge in [0.05, 0.1) is 0 Å². The summed E-state index contributed by atoms with van der Waals surface area (Å²) in [5.74, 6) is -2.26. The van der Waals surface area contributed by atoms with Crippen molar-refractivity contribution in [3.05, 3.63) is 0 Å². The molecule has 0 aromatic heterocycles. The molecule has 5 nitrogen and oxygen atoms in total. The van der Waals surface area contributed by atoms with Crippen LogP contribution in [0.15, 0.2) is 0 Å². The molecular formula is C6H11F3N4O. The number of hydrogen-bond donors (Lipinski definition) is 3. The number of nitrogens with zero attached hydrogens (tertiary/aromatic N) is 1. The molecule has 0 atom stereocenters. The molecule has 0 radical (unpaired) electrons. The average molecular weight is 212 g/mol. The lowest BCUT2D eigenvalue weighted by Crippen LogP contribution is -2.43. The van der Waals surface area contributed by atoms with Crippen molar-refractivity contribution in [3.63, 3.8) is 0 Å². The first-order valence-corrected chi connectivity index (χ1v) is 3.65. The monoisotopic (exact) mass is 212 g/mol. The first-order valence-electron chi connectivity index (χ1n) is 3.65. The fourth-order valence-electron chi connectivity index (χ4n) is 0.558. The van der Waals surface area contributed by atoms with Crippen LogP contribution < -0.4 is 11.1 Å². The number of nitrogens with two attached hydrogens (primary N) is 1. The number of carbonyl (C=O) groups excluding carboxylic acids is 1. The van der Waals surface area contributed by atoms with Crippen molar-refractivity contribution in [1.82, 2.24) is 10.2 Å². The highest BCUT2D eigenvalue weighted by Crippen LogP contribution is 2.13. The van der Waals surface area contributed by atoms with Gasteiger partial charge < -0.3 is 16.0 Å². The number of carbonyl (C=O) groups is 1. The highest BCUT2D eigenvalue weighted by molar-refractivity contribution is 5.81. The van der Waals surface area contributed by atoms with Gasteiger partial charge in [-0.25, -0.2) is 0 Å². The molecule has 0 bridgehead atoms. The predicted molar refractivity (Wildman–Crippen MR) is 43.6 cm³/mol. The minimum atomic E-state index is -4.87. The summed E-state index contributed by atoms with van der Waals surface area (Å²) >= 11 is 0. The van der Waals surface area contributed by atoms with E-state index in [4.69, 9.17) is 11.1 Å². The molecule has 0 aliphatic carbocycles. The van der Waals surface area contributed by atoms with E-state index < -0.39 is 12.1 Å². The zero-order valence-electron chi connectivity index (χ0n) is 7.48. The van der Waals surface area contributed by atoms with Crippen molar-refractivity contribution in [2.45, 2.75) is 6.18 Å². The van der Waals surface area contributed by atoms with Crippen LogP contribution in [-0.2, 0) is 4.79 Å². The summed E-state index contributed by atoms with van der Waals surface area (Å²) in [6.45, 7) is -0.161. The lowest BCUT2D eigenvalue weighted by Gasteiger charge is -2.16. The Bertz CT molecular complexity index is 228. The molecule has 0 aliphatic rings. The Balaban J connectivity index is 3.76. The molecule has 82 valence electrons. The maximum absolute atomic E-state index is 11.6. The number of alkyl halides is 3. The fourth-order valence-corrected chi connectivity index (χ4v) is 0.558. The van der Waals surface area contributed by atoms with Gasteiger partial charge in [0, 0.05) is 20.1 Å². The number of likely N-dealkylation sites (N-methyl/N-ethyl adjacent to an activating group) is 1. The molecule has 0 saturated heterocycles. The number of amides is 1. The molecule has 0 spiro atoms. The summed E-state index contributed by atoms with van der Waals surface area (Å²) in [6, 6.07) is 0. The van der Waals surface area contributed by atoms with Crippen LogP contribution in [0.25, 0.3) is 0 Å². The first-order chi connectivity index (χ1) is 6.25. The van der Waals surface area contributed by atoms with E-state index in [0.29, 0.717) is 0 Å². The maximum atomic E-state index is 11.6. The van der Waals surface area contributed by atoms with Gasteiger partial charge in [0.25, 0.3) is 0 Å². The van der Waals surface area contributed by atoms with Gasteiger partial charge in [-0.2, -0.15) is 13.2 Å². The average Bonchev–Trinajstić information content (AvgIpc) is 2.01. The molecule has 4 N–H and O–H groups in total. The second-order valence-corrected chi connectivity index (χ2v) is 2.56. The summed E-state index contributed by atoms with van der Waals surface area (Å²) in [4.78, 5) is 11.5. The Morgan fingerprint density at radius 1 is 1.57 bits per heavy atom. The lowest BCUT2D eigenvalue weighted by molar-refractivity contribution is -0.173. The Morgan fingerprint density at radius 2 is 2.07 bits per heavy atom. The van der Waals surface area contributed by atoms with Crippen LogP contribution in [0, 0.1) is 5.41 Å². The van der Waals surface area contributed by atoms with E-state index in [1.54, 1.807) is 5.32 Å². The van der Waals surface area contributed by atoms with Crippen LogP contribution in [0.3, 0.4) is 0 Å². The highest BCUT2D eigenvalue weighted by Gasteiger charge is 2.38. The second-order valence-electron chi connectivity index (χ2n) is 2.56.